The van der Waals surface area contributed by atoms with Gasteiger partial charge in [0, 0.05) is 12.1 Å². The summed E-state index contributed by atoms with van der Waals surface area (Å²) in [4.78, 5) is 0. The Hall–Kier alpha value is -4.87. The molecule has 0 saturated carbocycles. The highest BCUT2D eigenvalue weighted by Gasteiger charge is 2.42. The normalized spacial score (nSPS) is 11.5. The first-order valence-corrected chi connectivity index (χ1v) is 14.7. The van der Waals surface area contributed by atoms with Gasteiger partial charge in [0.15, 0.2) is 5.82 Å². The maximum Gasteiger partial charge on any atom is 0.184 e. The minimum atomic E-state index is -0.802. The van der Waals surface area contributed by atoms with Gasteiger partial charge < -0.3 is 5.32 Å². The predicted molar refractivity (Wildman–Crippen MR) is 170 cm³/mol. The molecule has 6 rings (SSSR count). The molecule has 42 heavy (non-hydrogen) atoms. The van der Waals surface area contributed by atoms with Crippen LogP contribution in [0.25, 0.3) is 22.5 Å². The highest BCUT2D eigenvalue weighted by molar-refractivity contribution is 5.81. The number of rotatable bonds is 11. The van der Waals surface area contributed by atoms with E-state index in [1.54, 1.807) is 0 Å². The summed E-state index contributed by atoms with van der Waals surface area (Å²) in [6.07, 6.45) is 2.39. The number of hydrogen-bond acceptors (Lipinski definition) is 4. The Kier molecular flexibility index (Phi) is 8.29. The zero-order valence-electron chi connectivity index (χ0n) is 23.9. The van der Waals surface area contributed by atoms with Gasteiger partial charge in [0.05, 0.1) is 0 Å². The molecule has 1 aromatic heterocycles. The Bertz CT molecular complexity index is 1600. The lowest BCUT2D eigenvalue weighted by Crippen LogP contribution is -2.39. The summed E-state index contributed by atoms with van der Waals surface area (Å²) in [6.45, 7) is 4.12. The van der Waals surface area contributed by atoms with Crippen LogP contribution in [0.2, 0.25) is 0 Å². The van der Waals surface area contributed by atoms with Gasteiger partial charge in [-0.3, -0.25) is 0 Å². The Morgan fingerprint density at radius 1 is 0.619 bits per heavy atom. The van der Waals surface area contributed by atoms with E-state index in [4.69, 9.17) is 5.21 Å². The van der Waals surface area contributed by atoms with Gasteiger partial charge in [-0.25, -0.2) is 4.68 Å². The molecule has 6 aromatic rings. The minimum Gasteiger partial charge on any atom is -0.313 e. The van der Waals surface area contributed by atoms with E-state index in [0.717, 1.165) is 46.5 Å². The monoisotopic (exact) mass is 549 g/mol. The highest BCUT2D eigenvalue weighted by Crippen LogP contribution is 2.43. The molecule has 5 aromatic carbocycles. The molecule has 208 valence electrons. The molecule has 0 amide bonds. The van der Waals surface area contributed by atoms with Crippen LogP contribution in [-0.4, -0.2) is 26.8 Å². The van der Waals surface area contributed by atoms with Gasteiger partial charge in [-0.05, 0) is 56.8 Å². The van der Waals surface area contributed by atoms with Crippen molar-refractivity contribution in [2.45, 2.75) is 31.8 Å². The van der Waals surface area contributed by atoms with E-state index in [9.17, 15) is 0 Å². The second-order valence-corrected chi connectivity index (χ2v) is 10.5. The lowest BCUT2D eigenvalue weighted by Gasteiger charge is -2.36. The van der Waals surface area contributed by atoms with Crippen LogP contribution in [0, 0.1) is 0 Å². The van der Waals surface area contributed by atoms with Crippen LogP contribution in [0.4, 0.5) is 0 Å². The van der Waals surface area contributed by atoms with Crippen LogP contribution in [0.15, 0.2) is 140 Å². The SMILES string of the molecule is CCCCNCc1ccc(-c2ccccc2-c2nnnn2C(c2ccccc2)(c2ccccc2)c2ccccc2)cc1. The molecule has 1 N–H and O–H groups in total. The number of hydrogen-bond donors (Lipinski definition) is 1. The highest BCUT2D eigenvalue weighted by atomic mass is 15.6. The van der Waals surface area contributed by atoms with Crippen molar-refractivity contribution in [3.05, 3.63) is 162 Å². The molecule has 5 heteroatoms. The predicted octanol–water partition coefficient (Wildman–Crippen LogP) is 7.74. The first-order chi connectivity index (χ1) is 20.8. The van der Waals surface area contributed by atoms with Crippen LogP contribution in [-0.2, 0) is 12.1 Å². The maximum absolute atomic E-state index is 4.74. The van der Waals surface area contributed by atoms with Crippen LogP contribution in [0.5, 0.6) is 0 Å². The van der Waals surface area contributed by atoms with Crippen molar-refractivity contribution in [3.63, 3.8) is 0 Å². The third kappa shape index (κ3) is 5.27. The average molecular weight is 550 g/mol. The lowest BCUT2D eigenvalue weighted by atomic mass is 9.77. The number of benzene rings is 5. The van der Waals surface area contributed by atoms with Gasteiger partial charge in [0.25, 0.3) is 0 Å². The van der Waals surface area contributed by atoms with Crippen LogP contribution in [0.1, 0.15) is 42.0 Å². The second kappa shape index (κ2) is 12.8. The molecule has 0 aliphatic heterocycles. The third-order valence-corrected chi connectivity index (χ3v) is 7.83. The number of unbranched alkanes of at least 4 members (excludes halogenated alkanes) is 1. The molecule has 0 spiro atoms. The fraction of sp³-hybridized carbons (Fsp3) is 0.162. The van der Waals surface area contributed by atoms with Crippen molar-refractivity contribution < 1.29 is 0 Å². The third-order valence-electron chi connectivity index (χ3n) is 7.83. The summed E-state index contributed by atoms with van der Waals surface area (Å²) >= 11 is 0. The summed E-state index contributed by atoms with van der Waals surface area (Å²) in [5.74, 6) is 0.701. The van der Waals surface area contributed by atoms with Crippen molar-refractivity contribution >= 4 is 0 Å². The van der Waals surface area contributed by atoms with Gasteiger partial charge in [0.1, 0.15) is 5.54 Å². The number of aromatic nitrogens is 4. The fourth-order valence-corrected chi connectivity index (χ4v) is 5.75. The van der Waals surface area contributed by atoms with Crippen molar-refractivity contribution in [1.82, 2.24) is 25.5 Å². The van der Waals surface area contributed by atoms with E-state index in [-0.39, 0.29) is 0 Å². The van der Waals surface area contributed by atoms with Gasteiger partial charge in [-0.2, -0.15) is 0 Å². The van der Waals surface area contributed by atoms with Crippen LogP contribution in [0.3, 0.4) is 0 Å². The van der Waals surface area contributed by atoms with E-state index in [0.29, 0.717) is 5.82 Å². The van der Waals surface area contributed by atoms with Gasteiger partial charge in [-0.1, -0.05) is 153 Å². The summed E-state index contributed by atoms with van der Waals surface area (Å²) in [5.41, 5.74) is 6.89. The quantitative estimate of drug-likeness (QED) is 0.133. The molecule has 0 bridgehead atoms. The van der Waals surface area contributed by atoms with E-state index in [2.05, 4.69) is 144 Å². The average Bonchev–Trinajstić information content (AvgIpc) is 3.55. The molecular weight excluding hydrogens is 514 g/mol. The smallest absolute Gasteiger partial charge is 0.184 e. The topological polar surface area (TPSA) is 55.6 Å². The first kappa shape index (κ1) is 27.3. The second-order valence-electron chi connectivity index (χ2n) is 10.5. The zero-order valence-corrected chi connectivity index (χ0v) is 23.9. The van der Waals surface area contributed by atoms with Crippen molar-refractivity contribution in [2.75, 3.05) is 6.54 Å². The van der Waals surface area contributed by atoms with E-state index in [1.807, 2.05) is 22.9 Å². The van der Waals surface area contributed by atoms with E-state index in [1.165, 1.54) is 18.4 Å². The lowest BCUT2D eigenvalue weighted by molar-refractivity contribution is 0.451. The molecule has 0 saturated heterocycles. The van der Waals surface area contributed by atoms with Crippen molar-refractivity contribution in [3.8, 4) is 22.5 Å². The summed E-state index contributed by atoms with van der Waals surface area (Å²) < 4.78 is 2.00. The molecule has 0 aliphatic rings. The molecule has 0 radical (unpaired) electrons. The Labute approximate surface area is 247 Å². The molecular formula is C37H35N5. The first-order valence-electron chi connectivity index (χ1n) is 14.7. The van der Waals surface area contributed by atoms with Crippen molar-refractivity contribution in [2.24, 2.45) is 0 Å². The summed E-state index contributed by atoms with van der Waals surface area (Å²) in [7, 11) is 0. The van der Waals surface area contributed by atoms with Gasteiger partial charge >= 0.3 is 0 Å². The number of nitrogens with one attached hydrogen (secondary N) is 1. The molecule has 0 fully saturated rings. The number of nitrogens with zero attached hydrogens (tertiary/aromatic N) is 4. The Morgan fingerprint density at radius 3 is 1.69 bits per heavy atom. The molecule has 5 nitrogen and oxygen atoms in total. The minimum absolute atomic E-state index is 0.701. The van der Waals surface area contributed by atoms with Crippen LogP contribution < -0.4 is 5.32 Å². The molecule has 0 atom stereocenters. The van der Waals surface area contributed by atoms with Gasteiger partial charge in [0.2, 0.25) is 0 Å². The van der Waals surface area contributed by atoms with E-state index >= 15 is 0 Å². The van der Waals surface area contributed by atoms with Crippen LogP contribution >= 0.6 is 0 Å². The Morgan fingerprint density at radius 2 is 1.14 bits per heavy atom. The maximum atomic E-state index is 4.74. The van der Waals surface area contributed by atoms with Gasteiger partial charge in [-0.15, -0.1) is 5.10 Å². The largest absolute Gasteiger partial charge is 0.313 e. The summed E-state index contributed by atoms with van der Waals surface area (Å²) in [6, 6.07) is 48.7. The summed E-state index contributed by atoms with van der Waals surface area (Å²) in [5, 5.41) is 17.3. The molecule has 1 heterocycles. The zero-order chi connectivity index (χ0) is 28.6. The van der Waals surface area contributed by atoms with Crippen molar-refractivity contribution in [1.29, 1.82) is 0 Å². The standard InChI is InChI=1S/C37H35N5/c1-2-3-27-38-28-29-23-25-30(26-24-29)34-21-13-14-22-35(34)36-39-40-41-42(36)37(31-15-7-4-8-16-31,32-17-9-5-10-18-32)33-19-11-6-12-20-33/h4-26,38H,2-3,27-28H2,1H3. The molecule has 0 aliphatic carbocycles. The number of tetrazole rings is 1. The van der Waals surface area contributed by atoms with E-state index < -0.39 is 5.54 Å². The Balaban J connectivity index is 1.51. The fourth-order valence-electron chi connectivity index (χ4n) is 5.75. The molecule has 0 unspecified atom stereocenters.